The Labute approximate surface area is 197 Å². The summed E-state index contributed by atoms with van der Waals surface area (Å²) in [6.07, 6.45) is 9.61. The number of ether oxygens (including phenoxy) is 1. The average molecular weight is 452 g/mol. The maximum Gasteiger partial charge on any atom is 0.242 e. The first kappa shape index (κ1) is 23.6. The van der Waals surface area contributed by atoms with Crippen LogP contribution < -0.4 is 0 Å². The number of hydrogen-bond donors (Lipinski definition) is 0. The van der Waals surface area contributed by atoms with Crippen LogP contribution in [0.5, 0.6) is 0 Å². The van der Waals surface area contributed by atoms with Gasteiger partial charge in [-0.05, 0) is 43.4 Å². The highest BCUT2D eigenvalue weighted by Gasteiger charge is 2.35. The number of hydrogen-bond acceptors (Lipinski definition) is 3. The lowest BCUT2D eigenvalue weighted by molar-refractivity contribution is -0.144. The van der Waals surface area contributed by atoms with Gasteiger partial charge in [-0.25, -0.2) is 0 Å². The number of nitrogens with zero attached hydrogens (tertiary/aromatic N) is 3. The highest BCUT2D eigenvalue weighted by molar-refractivity contribution is 5.87. The molecule has 4 rings (SSSR count). The maximum atomic E-state index is 13.6. The van der Waals surface area contributed by atoms with Gasteiger partial charge in [-0.2, -0.15) is 0 Å². The van der Waals surface area contributed by atoms with Crippen LogP contribution in [0.25, 0.3) is 0 Å². The zero-order valence-corrected chi connectivity index (χ0v) is 19.8. The van der Waals surface area contributed by atoms with Crippen molar-refractivity contribution in [2.45, 2.75) is 64.1 Å². The van der Waals surface area contributed by atoms with Crippen LogP contribution in [-0.2, 0) is 27.4 Å². The fourth-order valence-corrected chi connectivity index (χ4v) is 4.83. The van der Waals surface area contributed by atoms with Gasteiger partial charge in [0, 0.05) is 44.0 Å². The molecule has 0 aliphatic heterocycles. The molecular weight excluding hydrogens is 414 g/mol. The first-order valence-corrected chi connectivity index (χ1v) is 12.4. The molecule has 33 heavy (non-hydrogen) atoms. The van der Waals surface area contributed by atoms with Crippen LogP contribution in [-0.4, -0.2) is 59.0 Å². The van der Waals surface area contributed by atoms with Gasteiger partial charge in [-0.15, -0.1) is 0 Å². The molecule has 2 aromatic rings. The number of rotatable bonds is 11. The normalized spacial score (nSPS) is 16.5. The van der Waals surface area contributed by atoms with Gasteiger partial charge in [-0.1, -0.05) is 49.6 Å². The molecule has 0 N–H and O–H groups in total. The van der Waals surface area contributed by atoms with E-state index in [1.165, 1.54) is 12.0 Å². The standard InChI is InChI=1S/C27H37N3O3/c1-33-18-17-29(27(32)23-14-15-23)21-26(31)30(24-11-6-3-7-12-24)20-25-13-8-16-28(25)19-22-9-4-2-5-10-22/h2,4-5,8-10,13,16,23-24H,3,6-7,11-12,14-15,17-21H2,1H3. The van der Waals surface area contributed by atoms with Crippen molar-refractivity contribution in [3.8, 4) is 0 Å². The summed E-state index contributed by atoms with van der Waals surface area (Å²) in [5, 5.41) is 0. The summed E-state index contributed by atoms with van der Waals surface area (Å²) in [4.78, 5) is 30.2. The molecule has 1 aromatic heterocycles. The molecule has 2 saturated carbocycles. The molecule has 2 amide bonds. The van der Waals surface area contributed by atoms with Crippen LogP contribution in [0.2, 0.25) is 0 Å². The lowest BCUT2D eigenvalue weighted by atomic mass is 9.94. The molecule has 2 aliphatic rings. The molecule has 1 heterocycles. The quantitative estimate of drug-likeness (QED) is 0.517. The van der Waals surface area contributed by atoms with Crippen molar-refractivity contribution < 1.29 is 14.3 Å². The van der Waals surface area contributed by atoms with Crippen molar-refractivity contribution in [3.63, 3.8) is 0 Å². The van der Waals surface area contributed by atoms with Crippen LogP contribution in [0.3, 0.4) is 0 Å². The third-order valence-electron chi connectivity index (χ3n) is 6.92. The first-order valence-electron chi connectivity index (χ1n) is 12.4. The lowest BCUT2D eigenvalue weighted by Gasteiger charge is -2.36. The van der Waals surface area contributed by atoms with Gasteiger partial charge in [0.2, 0.25) is 11.8 Å². The smallest absolute Gasteiger partial charge is 0.242 e. The summed E-state index contributed by atoms with van der Waals surface area (Å²) in [5.74, 6) is 0.261. The van der Waals surface area contributed by atoms with E-state index in [4.69, 9.17) is 4.74 Å². The summed E-state index contributed by atoms with van der Waals surface area (Å²) in [6, 6.07) is 14.8. The third-order valence-corrected chi connectivity index (χ3v) is 6.92. The highest BCUT2D eigenvalue weighted by Crippen LogP contribution is 2.31. The molecule has 2 aliphatic carbocycles. The van der Waals surface area contributed by atoms with Crippen molar-refractivity contribution in [2.24, 2.45) is 5.92 Å². The van der Waals surface area contributed by atoms with E-state index in [0.29, 0.717) is 19.7 Å². The second kappa shape index (κ2) is 11.5. The number of methoxy groups -OCH3 is 1. The van der Waals surface area contributed by atoms with E-state index in [-0.39, 0.29) is 30.3 Å². The third kappa shape index (κ3) is 6.47. The Hall–Kier alpha value is -2.60. The Bertz CT molecular complexity index is 900. The number of aromatic nitrogens is 1. The van der Waals surface area contributed by atoms with Gasteiger partial charge in [0.1, 0.15) is 0 Å². The van der Waals surface area contributed by atoms with E-state index in [0.717, 1.165) is 50.8 Å². The highest BCUT2D eigenvalue weighted by atomic mass is 16.5. The summed E-state index contributed by atoms with van der Waals surface area (Å²) >= 11 is 0. The van der Waals surface area contributed by atoms with E-state index in [1.54, 1.807) is 12.0 Å². The minimum atomic E-state index is 0.0551. The molecule has 0 spiro atoms. The second-order valence-corrected chi connectivity index (χ2v) is 9.45. The summed E-state index contributed by atoms with van der Waals surface area (Å²) in [5.41, 5.74) is 2.38. The van der Waals surface area contributed by atoms with Crippen molar-refractivity contribution >= 4 is 11.8 Å². The van der Waals surface area contributed by atoms with E-state index in [1.807, 2.05) is 6.07 Å². The zero-order chi connectivity index (χ0) is 23.0. The molecule has 0 bridgehead atoms. The molecule has 1 aromatic carbocycles. The fraction of sp³-hybridized carbons (Fsp3) is 0.556. The lowest BCUT2D eigenvalue weighted by Crippen LogP contribution is -2.48. The minimum absolute atomic E-state index is 0.0551. The topological polar surface area (TPSA) is 54.8 Å². The Morgan fingerprint density at radius 2 is 1.76 bits per heavy atom. The second-order valence-electron chi connectivity index (χ2n) is 9.45. The molecule has 0 atom stereocenters. The molecule has 0 unspecified atom stereocenters. The molecule has 0 saturated heterocycles. The van der Waals surface area contributed by atoms with Crippen molar-refractivity contribution in [3.05, 3.63) is 59.9 Å². The van der Waals surface area contributed by atoms with Gasteiger partial charge < -0.3 is 19.1 Å². The predicted molar refractivity (Wildman–Crippen MR) is 129 cm³/mol. The number of carbonyl (C=O) groups is 2. The van der Waals surface area contributed by atoms with Crippen LogP contribution >= 0.6 is 0 Å². The molecule has 0 radical (unpaired) electrons. The average Bonchev–Trinajstić information content (AvgIpc) is 3.61. The number of benzene rings is 1. The Morgan fingerprint density at radius 1 is 1.00 bits per heavy atom. The van der Waals surface area contributed by atoms with Crippen LogP contribution in [0, 0.1) is 5.92 Å². The molecule has 6 heteroatoms. The fourth-order valence-electron chi connectivity index (χ4n) is 4.83. The molecule has 178 valence electrons. The van der Waals surface area contributed by atoms with Gasteiger partial charge in [0.25, 0.3) is 0 Å². The molecule has 6 nitrogen and oxygen atoms in total. The van der Waals surface area contributed by atoms with Crippen molar-refractivity contribution in [1.29, 1.82) is 0 Å². The van der Waals surface area contributed by atoms with Gasteiger partial charge in [-0.3, -0.25) is 9.59 Å². The van der Waals surface area contributed by atoms with Crippen LogP contribution in [0.15, 0.2) is 48.7 Å². The van der Waals surface area contributed by atoms with E-state index in [2.05, 4.69) is 52.1 Å². The molecular formula is C27H37N3O3. The number of amides is 2. The largest absolute Gasteiger partial charge is 0.383 e. The van der Waals surface area contributed by atoms with Gasteiger partial charge in [0.05, 0.1) is 19.7 Å². The Morgan fingerprint density at radius 3 is 2.45 bits per heavy atom. The van der Waals surface area contributed by atoms with Crippen molar-refractivity contribution in [1.82, 2.24) is 14.4 Å². The number of carbonyl (C=O) groups excluding carboxylic acids is 2. The van der Waals surface area contributed by atoms with E-state index < -0.39 is 0 Å². The van der Waals surface area contributed by atoms with Crippen molar-refractivity contribution in [2.75, 3.05) is 26.8 Å². The Kier molecular flexibility index (Phi) is 8.21. The minimum Gasteiger partial charge on any atom is -0.383 e. The maximum absolute atomic E-state index is 13.6. The summed E-state index contributed by atoms with van der Waals surface area (Å²) in [6.45, 7) is 2.44. The first-order chi connectivity index (χ1) is 16.2. The van der Waals surface area contributed by atoms with Crippen LogP contribution in [0.4, 0.5) is 0 Å². The summed E-state index contributed by atoms with van der Waals surface area (Å²) < 4.78 is 7.45. The summed E-state index contributed by atoms with van der Waals surface area (Å²) in [7, 11) is 1.64. The van der Waals surface area contributed by atoms with Gasteiger partial charge in [0.15, 0.2) is 0 Å². The Balaban J connectivity index is 1.50. The monoisotopic (exact) mass is 451 g/mol. The predicted octanol–water partition coefficient (Wildman–Crippen LogP) is 4.08. The van der Waals surface area contributed by atoms with E-state index in [9.17, 15) is 9.59 Å². The van der Waals surface area contributed by atoms with E-state index >= 15 is 0 Å². The van der Waals surface area contributed by atoms with Crippen LogP contribution in [0.1, 0.15) is 56.2 Å². The zero-order valence-electron chi connectivity index (χ0n) is 19.8. The van der Waals surface area contributed by atoms with Gasteiger partial charge >= 0.3 is 0 Å². The SMILES string of the molecule is COCCN(CC(=O)N(Cc1cccn1Cc1ccccc1)C1CCCCC1)C(=O)C1CC1. The molecule has 2 fully saturated rings.